The van der Waals surface area contributed by atoms with Crippen molar-refractivity contribution in [2.24, 2.45) is 11.7 Å². The lowest BCUT2D eigenvalue weighted by Crippen LogP contribution is -2.36. The van der Waals surface area contributed by atoms with Gasteiger partial charge in [-0.2, -0.15) is 0 Å². The minimum atomic E-state index is 0.144. The van der Waals surface area contributed by atoms with Crippen LogP contribution >= 0.6 is 0 Å². The predicted octanol–water partition coefficient (Wildman–Crippen LogP) is 3.38. The van der Waals surface area contributed by atoms with Crippen LogP contribution in [-0.4, -0.2) is 18.9 Å². The van der Waals surface area contributed by atoms with Gasteiger partial charge in [0.1, 0.15) is 5.84 Å². The third-order valence-corrected chi connectivity index (χ3v) is 4.44. The van der Waals surface area contributed by atoms with E-state index in [9.17, 15) is 0 Å². The molecule has 3 N–H and O–H groups in total. The third kappa shape index (κ3) is 3.28. The maximum absolute atomic E-state index is 7.54. The standard InChI is InChI=1S/C16H25N3/c1-3-12-6-4-8-14(10-12)19(2)15-9-5-7-13(11-15)16(17)18/h5,7,9,11-12,14H,3-4,6,8,10H2,1-2H3,(H3,17,18). The molecule has 19 heavy (non-hydrogen) atoms. The van der Waals surface area contributed by atoms with Crippen molar-refractivity contribution in [1.29, 1.82) is 5.41 Å². The van der Waals surface area contributed by atoms with Crippen LogP contribution in [0.15, 0.2) is 24.3 Å². The zero-order chi connectivity index (χ0) is 13.8. The van der Waals surface area contributed by atoms with Crippen LogP contribution < -0.4 is 10.6 Å². The van der Waals surface area contributed by atoms with Crippen molar-refractivity contribution in [3.63, 3.8) is 0 Å². The van der Waals surface area contributed by atoms with E-state index >= 15 is 0 Å². The molecule has 0 aromatic heterocycles. The van der Waals surface area contributed by atoms with Crippen LogP contribution in [0.1, 0.15) is 44.6 Å². The van der Waals surface area contributed by atoms with Crippen LogP contribution in [0.3, 0.4) is 0 Å². The normalized spacial score (nSPS) is 23.1. The Morgan fingerprint density at radius 2 is 2.21 bits per heavy atom. The maximum atomic E-state index is 7.54. The van der Waals surface area contributed by atoms with E-state index < -0.39 is 0 Å². The highest BCUT2D eigenvalue weighted by molar-refractivity contribution is 5.95. The fourth-order valence-corrected chi connectivity index (χ4v) is 3.09. The molecule has 1 aliphatic carbocycles. The van der Waals surface area contributed by atoms with Crippen molar-refractivity contribution in [2.45, 2.75) is 45.1 Å². The summed E-state index contributed by atoms with van der Waals surface area (Å²) in [6.07, 6.45) is 6.57. The van der Waals surface area contributed by atoms with Crippen LogP contribution in [0.25, 0.3) is 0 Å². The fraction of sp³-hybridized carbons (Fsp3) is 0.562. The molecule has 2 unspecified atom stereocenters. The van der Waals surface area contributed by atoms with Gasteiger partial charge in [0, 0.05) is 24.3 Å². The molecular weight excluding hydrogens is 234 g/mol. The van der Waals surface area contributed by atoms with E-state index in [4.69, 9.17) is 11.1 Å². The topological polar surface area (TPSA) is 53.1 Å². The molecular formula is C16H25N3. The average Bonchev–Trinajstić information content (AvgIpc) is 2.46. The molecule has 0 amide bonds. The second-order valence-electron chi connectivity index (χ2n) is 5.67. The first-order chi connectivity index (χ1) is 9.11. The summed E-state index contributed by atoms with van der Waals surface area (Å²) in [6, 6.07) is 8.65. The van der Waals surface area contributed by atoms with Crippen molar-refractivity contribution in [3.8, 4) is 0 Å². The molecule has 1 aromatic rings. The number of nitrogens with one attached hydrogen (secondary N) is 1. The van der Waals surface area contributed by atoms with Crippen LogP contribution in [-0.2, 0) is 0 Å². The highest BCUT2D eigenvalue weighted by atomic mass is 15.1. The van der Waals surface area contributed by atoms with Gasteiger partial charge >= 0.3 is 0 Å². The summed E-state index contributed by atoms with van der Waals surface area (Å²) >= 11 is 0. The van der Waals surface area contributed by atoms with Crippen LogP contribution in [0.5, 0.6) is 0 Å². The molecule has 0 saturated heterocycles. The SMILES string of the molecule is CCC1CCCC(N(C)c2cccc(C(=N)N)c2)C1. The summed E-state index contributed by atoms with van der Waals surface area (Å²) < 4.78 is 0. The Labute approximate surface area is 116 Å². The highest BCUT2D eigenvalue weighted by Crippen LogP contribution is 2.31. The van der Waals surface area contributed by atoms with Gasteiger partial charge in [0.05, 0.1) is 0 Å². The van der Waals surface area contributed by atoms with Gasteiger partial charge in [0.15, 0.2) is 0 Å². The molecule has 0 radical (unpaired) electrons. The fourth-order valence-electron chi connectivity index (χ4n) is 3.09. The molecule has 1 aliphatic rings. The molecule has 1 fully saturated rings. The van der Waals surface area contributed by atoms with E-state index in [1.807, 2.05) is 18.2 Å². The maximum Gasteiger partial charge on any atom is 0.122 e. The predicted molar refractivity (Wildman–Crippen MR) is 81.9 cm³/mol. The lowest BCUT2D eigenvalue weighted by atomic mass is 9.83. The van der Waals surface area contributed by atoms with Gasteiger partial charge in [-0.05, 0) is 30.9 Å². The monoisotopic (exact) mass is 259 g/mol. The van der Waals surface area contributed by atoms with E-state index in [0.717, 1.165) is 11.5 Å². The van der Waals surface area contributed by atoms with Gasteiger partial charge in [-0.25, -0.2) is 0 Å². The number of rotatable bonds is 4. The number of anilines is 1. The Balaban J connectivity index is 2.12. The molecule has 0 aliphatic heterocycles. The summed E-state index contributed by atoms with van der Waals surface area (Å²) in [5, 5.41) is 7.54. The number of hydrogen-bond acceptors (Lipinski definition) is 2. The third-order valence-electron chi connectivity index (χ3n) is 4.44. The number of nitrogens with zero attached hydrogens (tertiary/aromatic N) is 1. The Morgan fingerprint density at radius 1 is 1.42 bits per heavy atom. The largest absolute Gasteiger partial charge is 0.384 e. The Kier molecular flexibility index (Phi) is 4.46. The molecule has 2 rings (SSSR count). The van der Waals surface area contributed by atoms with Crippen molar-refractivity contribution in [2.75, 3.05) is 11.9 Å². The molecule has 104 valence electrons. The smallest absolute Gasteiger partial charge is 0.122 e. The molecule has 1 aromatic carbocycles. The Bertz CT molecular complexity index is 441. The Morgan fingerprint density at radius 3 is 2.89 bits per heavy atom. The number of hydrogen-bond donors (Lipinski definition) is 2. The van der Waals surface area contributed by atoms with E-state index in [2.05, 4.69) is 24.9 Å². The highest BCUT2D eigenvalue weighted by Gasteiger charge is 2.24. The van der Waals surface area contributed by atoms with Crippen LogP contribution in [0.4, 0.5) is 5.69 Å². The van der Waals surface area contributed by atoms with Crippen molar-refractivity contribution < 1.29 is 0 Å². The Hall–Kier alpha value is -1.51. The minimum absolute atomic E-state index is 0.144. The molecule has 3 nitrogen and oxygen atoms in total. The summed E-state index contributed by atoms with van der Waals surface area (Å²) in [5.41, 5.74) is 7.56. The number of nitrogens with two attached hydrogens (primary N) is 1. The lowest BCUT2D eigenvalue weighted by molar-refractivity contribution is 0.309. The van der Waals surface area contributed by atoms with Crippen LogP contribution in [0, 0.1) is 11.3 Å². The van der Waals surface area contributed by atoms with E-state index in [1.165, 1.54) is 37.8 Å². The van der Waals surface area contributed by atoms with Crippen molar-refractivity contribution in [3.05, 3.63) is 29.8 Å². The molecule has 1 saturated carbocycles. The van der Waals surface area contributed by atoms with E-state index in [0.29, 0.717) is 6.04 Å². The minimum Gasteiger partial charge on any atom is -0.384 e. The average molecular weight is 259 g/mol. The van der Waals surface area contributed by atoms with Gasteiger partial charge in [0.2, 0.25) is 0 Å². The summed E-state index contributed by atoms with van der Waals surface area (Å²) in [6.45, 7) is 2.30. The second kappa shape index (κ2) is 6.09. The van der Waals surface area contributed by atoms with Crippen molar-refractivity contribution >= 4 is 11.5 Å². The zero-order valence-electron chi connectivity index (χ0n) is 12.0. The summed E-state index contributed by atoms with van der Waals surface area (Å²) in [7, 11) is 2.17. The zero-order valence-corrected chi connectivity index (χ0v) is 12.0. The summed E-state index contributed by atoms with van der Waals surface area (Å²) in [4.78, 5) is 2.37. The molecule has 0 heterocycles. The van der Waals surface area contributed by atoms with Gasteiger partial charge < -0.3 is 10.6 Å². The van der Waals surface area contributed by atoms with Gasteiger partial charge in [-0.15, -0.1) is 0 Å². The number of nitrogen functional groups attached to an aromatic ring is 1. The lowest BCUT2D eigenvalue weighted by Gasteiger charge is -2.36. The van der Waals surface area contributed by atoms with Crippen LogP contribution in [0.2, 0.25) is 0 Å². The number of amidine groups is 1. The first kappa shape index (κ1) is 13.9. The molecule has 3 heteroatoms. The molecule has 0 spiro atoms. The van der Waals surface area contributed by atoms with E-state index in [-0.39, 0.29) is 5.84 Å². The second-order valence-corrected chi connectivity index (χ2v) is 5.67. The van der Waals surface area contributed by atoms with E-state index in [1.54, 1.807) is 0 Å². The van der Waals surface area contributed by atoms with Gasteiger partial charge in [-0.3, -0.25) is 5.41 Å². The number of benzene rings is 1. The quantitative estimate of drug-likeness (QED) is 0.643. The molecule has 0 bridgehead atoms. The van der Waals surface area contributed by atoms with Gasteiger partial charge in [0.25, 0.3) is 0 Å². The first-order valence-corrected chi connectivity index (χ1v) is 7.29. The molecule has 2 atom stereocenters. The summed E-state index contributed by atoms with van der Waals surface area (Å²) in [5.74, 6) is 1.02. The van der Waals surface area contributed by atoms with Crippen molar-refractivity contribution in [1.82, 2.24) is 0 Å². The van der Waals surface area contributed by atoms with Gasteiger partial charge in [-0.1, -0.05) is 38.3 Å². The first-order valence-electron chi connectivity index (χ1n) is 7.29.